The van der Waals surface area contributed by atoms with Gasteiger partial charge in [-0.15, -0.1) is 0 Å². The Balaban J connectivity index is 0.000000136. The van der Waals surface area contributed by atoms with Crippen molar-refractivity contribution in [3.63, 3.8) is 0 Å². The second-order valence-corrected chi connectivity index (χ2v) is 13.5. The number of carbonyl (C=O) groups excluding carboxylic acids is 1. The fourth-order valence-corrected chi connectivity index (χ4v) is 7.02. The highest BCUT2D eigenvalue weighted by Gasteiger charge is 2.41. The van der Waals surface area contributed by atoms with E-state index in [0.29, 0.717) is 29.1 Å². The zero-order chi connectivity index (χ0) is 37.0. The molecule has 0 spiro atoms. The topological polar surface area (TPSA) is 180 Å². The molecular weight excluding hydrogens is 681 g/mol. The van der Waals surface area contributed by atoms with Gasteiger partial charge in [0.1, 0.15) is 0 Å². The van der Waals surface area contributed by atoms with Gasteiger partial charge < -0.3 is 26.2 Å². The van der Waals surface area contributed by atoms with E-state index in [9.17, 15) is 4.79 Å². The second kappa shape index (κ2) is 15.1. The molecule has 2 atom stereocenters. The minimum absolute atomic E-state index is 0.0890. The molecule has 0 radical (unpaired) electrons. The molecule has 4 bridgehead atoms. The molecule has 10 heterocycles. The molecular formula is C39H40N14O. The Labute approximate surface area is 312 Å². The van der Waals surface area contributed by atoms with Gasteiger partial charge in [0.15, 0.2) is 23.3 Å². The zero-order valence-corrected chi connectivity index (χ0v) is 30.0. The van der Waals surface area contributed by atoms with Gasteiger partial charge >= 0.3 is 6.03 Å². The molecule has 15 heteroatoms. The van der Waals surface area contributed by atoms with Gasteiger partial charge in [0, 0.05) is 85.7 Å². The van der Waals surface area contributed by atoms with Crippen molar-refractivity contribution in [3.8, 4) is 22.8 Å². The molecule has 15 nitrogen and oxygen atoms in total. The van der Waals surface area contributed by atoms with Crippen molar-refractivity contribution in [3.05, 3.63) is 109 Å². The van der Waals surface area contributed by atoms with Crippen LogP contribution in [0.4, 0.5) is 39.2 Å². The number of anilines is 6. The van der Waals surface area contributed by atoms with Gasteiger partial charge in [-0.2, -0.15) is 0 Å². The van der Waals surface area contributed by atoms with E-state index in [0.717, 1.165) is 78.1 Å². The van der Waals surface area contributed by atoms with Gasteiger partial charge in [0.2, 0.25) is 0 Å². The van der Waals surface area contributed by atoms with Crippen LogP contribution >= 0.6 is 0 Å². The van der Waals surface area contributed by atoms with Crippen LogP contribution in [0.15, 0.2) is 98.1 Å². The summed E-state index contributed by atoms with van der Waals surface area (Å²) < 4.78 is 0. The number of nitrogens with one attached hydrogen (secondary N) is 2. The molecule has 10 rings (SSSR count). The summed E-state index contributed by atoms with van der Waals surface area (Å²) in [6, 6.07) is 15.4. The SMILES string of the molecule is Cc1cc(-c2ncc3c(n2)N(C(=O)Nc2cccnc2)[C@H]2CCN3C2)ccn1.Cc1cc(-c2ncc3c(n2)N[C@H]2CCN3C2)ccn1.Nc1cccnc1. The monoisotopic (exact) mass is 720 g/mol. The maximum atomic E-state index is 13.1. The molecule has 0 aromatic carbocycles. The van der Waals surface area contributed by atoms with Crippen molar-refractivity contribution < 1.29 is 4.79 Å². The summed E-state index contributed by atoms with van der Waals surface area (Å²) >= 11 is 0. The highest BCUT2D eigenvalue weighted by atomic mass is 16.2. The first-order valence-electron chi connectivity index (χ1n) is 17.9. The summed E-state index contributed by atoms with van der Waals surface area (Å²) in [7, 11) is 0. The molecule has 4 aliphatic rings. The Hall–Kier alpha value is -6.77. The van der Waals surface area contributed by atoms with Crippen molar-refractivity contribution >= 4 is 40.4 Å². The number of urea groups is 1. The molecule has 0 aliphatic carbocycles. The Bertz CT molecular complexity index is 2260. The van der Waals surface area contributed by atoms with E-state index in [1.165, 1.54) is 6.42 Å². The van der Waals surface area contributed by atoms with E-state index in [4.69, 9.17) is 10.7 Å². The first-order valence-corrected chi connectivity index (χ1v) is 17.9. The maximum Gasteiger partial charge on any atom is 0.327 e. The molecule has 2 fully saturated rings. The highest BCUT2D eigenvalue weighted by molar-refractivity contribution is 6.04. The van der Waals surface area contributed by atoms with Crippen LogP contribution in [-0.2, 0) is 0 Å². The Kier molecular flexibility index (Phi) is 9.58. The Morgan fingerprint density at radius 2 is 1.43 bits per heavy atom. The van der Waals surface area contributed by atoms with Gasteiger partial charge in [-0.25, -0.2) is 24.7 Å². The van der Waals surface area contributed by atoms with Crippen LogP contribution in [0.3, 0.4) is 0 Å². The van der Waals surface area contributed by atoms with Gasteiger partial charge in [-0.05, 0) is 75.2 Å². The predicted octanol–water partition coefficient (Wildman–Crippen LogP) is 5.39. The molecule has 54 heavy (non-hydrogen) atoms. The third-order valence-corrected chi connectivity index (χ3v) is 9.61. The second-order valence-electron chi connectivity index (χ2n) is 13.5. The molecule has 6 aromatic rings. The number of aryl methyl sites for hydroxylation is 2. The number of amides is 2. The van der Waals surface area contributed by atoms with Crippen LogP contribution in [0.2, 0.25) is 0 Å². The third kappa shape index (κ3) is 7.42. The molecule has 0 unspecified atom stereocenters. The summed E-state index contributed by atoms with van der Waals surface area (Å²) in [5.74, 6) is 2.97. The Morgan fingerprint density at radius 1 is 0.759 bits per heavy atom. The minimum Gasteiger partial charge on any atom is -0.397 e. The quantitative estimate of drug-likeness (QED) is 0.212. The number of pyridine rings is 4. The van der Waals surface area contributed by atoms with Crippen LogP contribution in [0.5, 0.6) is 0 Å². The predicted molar refractivity (Wildman–Crippen MR) is 209 cm³/mol. The number of nitrogens with two attached hydrogens (primary N) is 1. The molecule has 2 saturated heterocycles. The minimum atomic E-state index is -0.198. The van der Waals surface area contributed by atoms with Crippen molar-refractivity contribution in [2.75, 3.05) is 57.2 Å². The fourth-order valence-electron chi connectivity index (χ4n) is 7.02. The van der Waals surface area contributed by atoms with E-state index >= 15 is 0 Å². The lowest BCUT2D eigenvalue weighted by atomic mass is 10.2. The largest absolute Gasteiger partial charge is 0.397 e. The van der Waals surface area contributed by atoms with Crippen LogP contribution < -0.4 is 31.1 Å². The zero-order valence-electron chi connectivity index (χ0n) is 30.0. The van der Waals surface area contributed by atoms with E-state index in [1.807, 2.05) is 56.6 Å². The van der Waals surface area contributed by atoms with E-state index < -0.39 is 0 Å². The average Bonchev–Trinajstić information content (AvgIpc) is 3.80. The fraction of sp³-hybridized carbons (Fsp3) is 0.256. The van der Waals surface area contributed by atoms with Crippen molar-refractivity contribution in [2.24, 2.45) is 0 Å². The number of nitrogens with zero attached hydrogens (tertiary/aromatic N) is 11. The Morgan fingerprint density at radius 3 is 2.07 bits per heavy atom. The molecule has 2 amide bonds. The van der Waals surface area contributed by atoms with Gasteiger partial charge in [-0.1, -0.05) is 0 Å². The number of fused-ring (bicyclic) bond motifs is 8. The summed E-state index contributed by atoms with van der Waals surface area (Å²) in [6.45, 7) is 7.77. The van der Waals surface area contributed by atoms with Crippen LogP contribution in [0.25, 0.3) is 22.8 Å². The molecule has 272 valence electrons. The third-order valence-electron chi connectivity index (χ3n) is 9.61. The first kappa shape index (κ1) is 34.3. The molecule has 0 saturated carbocycles. The van der Waals surface area contributed by atoms with E-state index in [1.54, 1.807) is 60.3 Å². The maximum absolute atomic E-state index is 13.1. The van der Waals surface area contributed by atoms with Crippen LogP contribution in [-0.4, -0.2) is 84.2 Å². The van der Waals surface area contributed by atoms with Crippen molar-refractivity contribution in [1.82, 2.24) is 39.9 Å². The molecule has 4 N–H and O–H groups in total. The number of nitrogen functional groups attached to an aromatic ring is 1. The lowest BCUT2D eigenvalue weighted by Gasteiger charge is -2.35. The first-order chi connectivity index (χ1) is 26.4. The van der Waals surface area contributed by atoms with E-state index in [2.05, 4.69) is 55.3 Å². The summed E-state index contributed by atoms with van der Waals surface area (Å²) in [5, 5.41) is 6.44. The highest BCUT2D eigenvalue weighted by Crippen LogP contribution is 2.39. The number of rotatable bonds is 3. The van der Waals surface area contributed by atoms with Crippen LogP contribution in [0.1, 0.15) is 24.2 Å². The number of hydrogen-bond acceptors (Lipinski definition) is 13. The van der Waals surface area contributed by atoms with Crippen molar-refractivity contribution in [1.29, 1.82) is 0 Å². The standard InChI is InChI=1S/C20H19N7O.C14H15N5.C5H6N2/c1-13-9-14(4-7-22-13)18-23-11-17-19(25-18)27(16-5-8-26(17)12-16)20(28)24-15-3-2-6-21-10-15;1-9-6-10(2-4-15-9)13-16-7-12-14(18-13)17-11-3-5-19(12)8-11;6-5-2-1-3-7-4-5/h2-4,6-7,9-11,16H,5,8,12H2,1H3,(H,24,28);2,4,6-7,11H,3,5,8H2,1H3,(H,16,17,18);1-4H,6H2/t16-;11-;/m00./s1. The summed E-state index contributed by atoms with van der Waals surface area (Å²) in [5.41, 5.74) is 12.5. The van der Waals surface area contributed by atoms with Crippen LogP contribution in [0, 0.1) is 13.8 Å². The van der Waals surface area contributed by atoms with Gasteiger partial charge in [0.05, 0.1) is 47.4 Å². The van der Waals surface area contributed by atoms with Crippen molar-refractivity contribution in [2.45, 2.75) is 38.8 Å². The number of carbonyl (C=O) groups is 1. The lowest BCUT2D eigenvalue weighted by Crippen LogP contribution is -2.48. The van der Waals surface area contributed by atoms with Gasteiger partial charge in [-0.3, -0.25) is 24.8 Å². The molecule has 4 aliphatic heterocycles. The smallest absolute Gasteiger partial charge is 0.327 e. The van der Waals surface area contributed by atoms with Gasteiger partial charge in [0.25, 0.3) is 0 Å². The number of aromatic nitrogens is 8. The number of hydrogen-bond donors (Lipinski definition) is 3. The lowest BCUT2D eigenvalue weighted by molar-refractivity contribution is 0.255. The molecule has 6 aromatic heterocycles. The normalized spacial score (nSPS) is 17.2. The van der Waals surface area contributed by atoms with E-state index in [-0.39, 0.29) is 12.1 Å². The summed E-state index contributed by atoms with van der Waals surface area (Å²) in [4.78, 5) is 54.3. The summed E-state index contributed by atoms with van der Waals surface area (Å²) in [6.07, 6.45) is 16.0. The average molecular weight is 721 g/mol.